The molecule has 124 valence electrons. The summed E-state index contributed by atoms with van der Waals surface area (Å²) in [6.07, 6.45) is 0.444. The SMILES string of the molecule is FC(F)(F)c1ccnc(N2CCCC(COc3nccs3)C2)c1. The van der Waals surface area contributed by atoms with Gasteiger partial charge in [0.25, 0.3) is 5.19 Å². The summed E-state index contributed by atoms with van der Waals surface area (Å²) in [5, 5.41) is 2.47. The van der Waals surface area contributed by atoms with E-state index < -0.39 is 11.7 Å². The second-order valence-corrected chi connectivity index (χ2v) is 6.32. The minimum atomic E-state index is -4.35. The number of thiazole rings is 1. The molecule has 8 heteroatoms. The number of aromatic nitrogens is 2. The number of hydrogen-bond donors (Lipinski definition) is 0. The van der Waals surface area contributed by atoms with E-state index in [1.54, 1.807) is 6.20 Å². The van der Waals surface area contributed by atoms with E-state index in [0.717, 1.165) is 25.0 Å². The van der Waals surface area contributed by atoms with E-state index in [9.17, 15) is 13.2 Å². The fourth-order valence-corrected chi connectivity index (χ4v) is 3.14. The highest BCUT2D eigenvalue weighted by molar-refractivity contribution is 7.11. The molecule has 3 rings (SSSR count). The number of halogens is 3. The van der Waals surface area contributed by atoms with Gasteiger partial charge in [-0.2, -0.15) is 13.2 Å². The first-order valence-electron chi connectivity index (χ1n) is 7.33. The standard InChI is InChI=1S/C15H16F3N3OS/c16-15(17,18)12-3-4-19-13(8-12)21-6-1-2-11(9-21)10-22-14-20-5-7-23-14/h3-5,7-8,11H,1-2,6,9-10H2. The molecule has 0 aromatic carbocycles. The van der Waals surface area contributed by atoms with Gasteiger partial charge < -0.3 is 9.64 Å². The summed E-state index contributed by atoms with van der Waals surface area (Å²) in [4.78, 5) is 10.1. The van der Waals surface area contributed by atoms with Gasteiger partial charge in [-0.15, -0.1) is 0 Å². The Bertz CT molecular complexity index is 633. The third-order valence-electron chi connectivity index (χ3n) is 3.77. The van der Waals surface area contributed by atoms with Crippen molar-refractivity contribution in [3.63, 3.8) is 0 Å². The molecule has 3 heterocycles. The summed E-state index contributed by atoms with van der Waals surface area (Å²) in [6, 6.07) is 2.11. The minimum Gasteiger partial charge on any atom is -0.470 e. The zero-order valence-corrected chi connectivity index (χ0v) is 13.1. The molecule has 0 N–H and O–H groups in total. The van der Waals surface area contributed by atoms with Crippen LogP contribution in [-0.4, -0.2) is 29.7 Å². The Morgan fingerprint density at radius 1 is 1.30 bits per heavy atom. The molecule has 1 saturated heterocycles. The van der Waals surface area contributed by atoms with Crippen molar-refractivity contribution in [3.8, 4) is 5.19 Å². The molecule has 23 heavy (non-hydrogen) atoms. The number of hydrogen-bond acceptors (Lipinski definition) is 5. The van der Waals surface area contributed by atoms with Crippen LogP contribution in [-0.2, 0) is 6.18 Å². The molecule has 4 nitrogen and oxygen atoms in total. The van der Waals surface area contributed by atoms with Gasteiger partial charge in [-0.25, -0.2) is 9.97 Å². The van der Waals surface area contributed by atoms with Gasteiger partial charge in [0, 0.05) is 36.8 Å². The van der Waals surface area contributed by atoms with E-state index in [-0.39, 0.29) is 5.92 Å². The quantitative estimate of drug-likeness (QED) is 0.845. The molecule has 0 aliphatic carbocycles. The molecule has 0 amide bonds. The van der Waals surface area contributed by atoms with E-state index in [1.165, 1.54) is 17.5 Å². The molecular formula is C15H16F3N3OS. The van der Waals surface area contributed by atoms with Gasteiger partial charge in [-0.05, 0) is 25.0 Å². The van der Waals surface area contributed by atoms with E-state index in [0.29, 0.717) is 30.7 Å². The Kier molecular flexibility index (Phi) is 4.70. The maximum Gasteiger partial charge on any atom is 0.416 e. The molecule has 1 atom stereocenters. The number of alkyl halides is 3. The molecule has 0 bridgehead atoms. The van der Waals surface area contributed by atoms with Gasteiger partial charge in [0.15, 0.2) is 0 Å². The summed E-state index contributed by atoms with van der Waals surface area (Å²) < 4.78 is 44.1. The fourth-order valence-electron chi connectivity index (χ4n) is 2.65. The Morgan fingerprint density at radius 3 is 2.91 bits per heavy atom. The lowest BCUT2D eigenvalue weighted by atomic mass is 9.99. The van der Waals surface area contributed by atoms with Gasteiger partial charge in [-0.1, -0.05) is 11.3 Å². The van der Waals surface area contributed by atoms with Crippen LogP contribution in [0.1, 0.15) is 18.4 Å². The summed E-state index contributed by atoms with van der Waals surface area (Å²) in [5.74, 6) is 0.628. The first kappa shape index (κ1) is 16.0. The van der Waals surface area contributed by atoms with Crippen LogP contribution >= 0.6 is 11.3 Å². The molecule has 2 aromatic heterocycles. The van der Waals surface area contributed by atoms with E-state index in [2.05, 4.69) is 9.97 Å². The molecule has 1 unspecified atom stereocenters. The third-order valence-corrected chi connectivity index (χ3v) is 4.45. The molecular weight excluding hydrogens is 327 g/mol. The van der Waals surface area contributed by atoms with Crippen molar-refractivity contribution in [2.75, 3.05) is 24.6 Å². The maximum absolute atomic E-state index is 12.8. The van der Waals surface area contributed by atoms with Gasteiger partial charge >= 0.3 is 6.18 Å². The number of pyridine rings is 1. The molecule has 1 aliphatic heterocycles. The molecule has 1 fully saturated rings. The number of piperidine rings is 1. The monoisotopic (exact) mass is 343 g/mol. The Balaban J connectivity index is 1.64. The van der Waals surface area contributed by atoms with Gasteiger partial charge in [-0.3, -0.25) is 0 Å². The maximum atomic E-state index is 12.8. The van der Waals surface area contributed by atoms with Crippen LogP contribution in [0.4, 0.5) is 19.0 Å². The third kappa shape index (κ3) is 4.13. The van der Waals surface area contributed by atoms with Gasteiger partial charge in [0.1, 0.15) is 5.82 Å². The van der Waals surface area contributed by atoms with Gasteiger partial charge in [0.05, 0.1) is 12.2 Å². The first-order valence-corrected chi connectivity index (χ1v) is 8.21. The van der Waals surface area contributed by atoms with E-state index >= 15 is 0 Å². The van der Waals surface area contributed by atoms with Crippen molar-refractivity contribution in [1.82, 2.24) is 9.97 Å². The Morgan fingerprint density at radius 2 is 2.17 bits per heavy atom. The zero-order valence-electron chi connectivity index (χ0n) is 12.3. The lowest BCUT2D eigenvalue weighted by Gasteiger charge is -2.33. The molecule has 0 spiro atoms. The summed E-state index contributed by atoms with van der Waals surface area (Å²) >= 11 is 1.43. The van der Waals surface area contributed by atoms with E-state index in [4.69, 9.17) is 4.74 Å². The van der Waals surface area contributed by atoms with Crippen LogP contribution in [0.2, 0.25) is 0 Å². The topological polar surface area (TPSA) is 38.2 Å². The highest BCUT2D eigenvalue weighted by Crippen LogP contribution is 2.31. The van der Waals surface area contributed by atoms with Crippen molar-refractivity contribution >= 4 is 17.2 Å². The first-order chi connectivity index (χ1) is 11.0. The average Bonchev–Trinajstić information content (AvgIpc) is 3.06. The lowest BCUT2D eigenvalue weighted by molar-refractivity contribution is -0.137. The van der Waals surface area contributed by atoms with Gasteiger partial charge in [0.2, 0.25) is 0 Å². The number of ether oxygens (including phenoxy) is 1. The normalized spacial score (nSPS) is 18.9. The highest BCUT2D eigenvalue weighted by atomic mass is 32.1. The highest BCUT2D eigenvalue weighted by Gasteiger charge is 2.31. The molecule has 0 radical (unpaired) electrons. The predicted octanol–water partition coefficient (Wildman–Crippen LogP) is 3.85. The van der Waals surface area contributed by atoms with E-state index in [1.807, 2.05) is 10.3 Å². The Labute approximate surface area is 135 Å². The van der Waals surface area contributed by atoms with Crippen LogP contribution in [0.3, 0.4) is 0 Å². The second-order valence-electron chi connectivity index (χ2n) is 5.46. The second kappa shape index (κ2) is 6.74. The predicted molar refractivity (Wildman–Crippen MR) is 81.8 cm³/mol. The van der Waals surface area contributed by atoms with Crippen LogP contribution in [0.25, 0.3) is 0 Å². The fraction of sp³-hybridized carbons (Fsp3) is 0.467. The largest absolute Gasteiger partial charge is 0.470 e. The number of anilines is 1. The van der Waals surface area contributed by atoms with Crippen LogP contribution in [0, 0.1) is 5.92 Å². The number of rotatable bonds is 4. The zero-order chi connectivity index (χ0) is 16.3. The Hall–Kier alpha value is -1.83. The van der Waals surface area contributed by atoms with Crippen molar-refractivity contribution in [1.29, 1.82) is 0 Å². The van der Waals surface area contributed by atoms with Crippen molar-refractivity contribution in [2.45, 2.75) is 19.0 Å². The summed E-state index contributed by atoms with van der Waals surface area (Å²) in [6.45, 7) is 1.87. The van der Waals surface area contributed by atoms with Crippen molar-refractivity contribution in [3.05, 3.63) is 35.5 Å². The van der Waals surface area contributed by atoms with Crippen molar-refractivity contribution in [2.24, 2.45) is 5.92 Å². The van der Waals surface area contributed by atoms with Crippen LogP contribution in [0.15, 0.2) is 29.9 Å². The molecule has 1 aliphatic rings. The number of nitrogens with zero attached hydrogens (tertiary/aromatic N) is 3. The van der Waals surface area contributed by atoms with Crippen LogP contribution in [0.5, 0.6) is 5.19 Å². The average molecular weight is 343 g/mol. The van der Waals surface area contributed by atoms with Crippen molar-refractivity contribution < 1.29 is 17.9 Å². The lowest BCUT2D eigenvalue weighted by Crippen LogP contribution is -2.38. The summed E-state index contributed by atoms with van der Waals surface area (Å²) in [5.41, 5.74) is -0.663. The minimum absolute atomic E-state index is 0.254. The summed E-state index contributed by atoms with van der Waals surface area (Å²) in [7, 11) is 0. The smallest absolute Gasteiger partial charge is 0.416 e. The molecule has 0 saturated carbocycles. The molecule has 2 aromatic rings. The van der Waals surface area contributed by atoms with Crippen LogP contribution < -0.4 is 9.64 Å².